The molecule has 2 N–H and O–H groups in total. The van der Waals surface area contributed by atoms with Gasteiger partial charge in [0.15, 0.2) is 0 Å². The van der Waals surface area contributed by atoms with Crippen LogP contribution >= 0.6 is 0 Å². The van der Waals surface area contributed by atoms with E-state index in [9.17, 15) is 9.59 Å². The first-order chi connectivity index (χ1) is 8.65. The van der Waals surface area contributed by atoms with Gasteiger partial charge in [-0.3, -0.25) is 14.9 Å². The number of benzene rings is 1. The molecule has 2 aliphatic rings. The molecule has 1 aromatic rings. The van der Waals surface area contributed by atoms with Crippen LogP contribution in [0.2, 0.25) is 0 Å². The topological polar surface area (TPSA) is 67.4 Å². The highest BCUT2D eigenvalue weighted by Crippen LogP contribution is 2.32. The molecule has 0 aliphatic carbocycles. The number of aryl methyl sites for hydroxylation is 1. The fraction of sp³-hybridized carbons (Fsp3) is 0.385. The predicted octanol–water partition coefficient (Wildman–Crippen LogP) is 0.893. The van der Waals surface area contributed by atoms with Gasteiger partial charge in [0, 0.05) is 17.7 Å². The van der Waals surface area contributed by atoms with Crippen molar-refractivity contribution in [3.05, 3.63) is 29.3 Å². The van der Waals surface area contributed by atoms with Gasteiger partial charge < -0.3 is 10.1 Å². The number of carbonyl (C=O) groups excluding carboxylic acids is 2. The summed E-state index contributed by atoms with van der Waals surface area (Å²) in [5.41, 5.74) is 2.81. The standard InChI is InChI=1S/C13H14N2O3/c1-7-2-3-9-8(6-7)11(12(16)15-9)14-10-4-5-18-13(10)17/h2-3,6,10-11,14H,4-5H2,1H3,(H,15,16). The average Bonchev–Trinajstić information content (AvgIpc) is 2.86. The van der Waals surface area contributed by atoms with E-state index in [-0.39, 0.29) is 17.9 Å². The van der Waals surface area contributed by atoms with E-state index >= 15 is 0 Å². The minimum atomic E-state index is -0.462. The third-order valence-electron chi connectivity index (χ3n) is 3.34. The zero-order valence-electron chi connectivity index (χ0n) is 10.0. The van der Waals surface area contributed by atoms with E-state index in [0.29, 0.717) is 13.0 Å². The van der Waals surface area contributed by atoms with Crippen molar-refractivity contribution in [3.8, 4) is 0 Å². The third-order valence-corrected chi connectivity index (χ3v) is 3.34. The molecule has 0 bridgehead atoms. The van der Waals surface area contributed by atoms with Gasteiger partial charge in [-0.1, -0.05) is 17.7 Å². The molecule has 0 radical (unpaired) electrons. The van der Waals surface area contributed by atoms with Gasteiger partial charge in [-0.25, -0.2) is 0 Å². The Balaban J connectivity index is 1.87. The van der Waals surface area contributed by atoms with Crippen LogP contribution in [0.5, 0.6) is 0 Å². The average molecular weight is 246 g/mol. The molecule has 0 saturated carbocycles. The number of ether oxygens (including phenoxy) is 1. The second-order valence-electron chi connectivity index (χ2n) is 4.69. The first-order valence-electron chi connectivity index (χ1n) is 5.99. The van der Waals surface area contributed by atoms with Crippen molar-refractivity contribution in [2.75, 3.05) is 11.9 Å². The number of hydrogen-bond acceptors (Lipinski definition) is 4. The summed E-state index contributed by atoms with van der Waals surface area (Å²) in [5, 5.41) is 5.88. The maximum Gasteiger partial charge on any atom is 0.323 e. The van der Waals surface area contributed by atoms with E-state index in [0.717, 1.165) is 16.8 Å². The van der Waals surface area contributed by atoms with Gasteiger partial charge in [0.05, 0.1) is 6.61 Å². The second kappa shape index (κ2) is 4.10. The lowest BCUT2D eigenvalue weighted by Gasteiger charge is -2.14. The van der Waals surface area contributed by atoms with Crippen molar-refractivity contribution in [2.24, 2.45) is 0 Å². The number of carbonyl (C=O) groups is 2. The first kappa shape index (κ1) is 11.2. The minimum Gasteiger partial charge on any atom is -0.464 e. The number of fused-ring (bicyclic) bond motifs is 1. The number of esters is 1. The largest absolute Gasteiger partial charge is 0.464 e. The van der Waals surface area contributed by atoms with Crippen molar-refractivity contribution in [1.82, 2.24) is 5.32 Å². The van der Waals surface area contributed by atoms with Gasteiger partial charge in [0.25, 0.3) is 0 Å². The Labute approximate surface area is 105 Å². The third kappa shape index (κ3) is 1.76. The van der Waals surface area contributed by atoms with Gasteiger partial charge in [-0.2, -0.15) is 0 Å². The molecule has 2 atom stereocenters. The van der Waals surface area contributed by atoms with E-state index in [4.69, 9.17) is 4.74 Å². The molecule has 0 spiro atoms. The van der Waals surface area contributed by atoms with E-state index in [1.54, 1.807) is 0 Å². The minimum absolute atomic E-state index is 0.115. The molecule has 94 valence electrons. The SMILES string of the molecule is Cc1ccc2c(c1)C(NC1CCOC1=O)C(=O)N2. The molecule has 1 amide bonds. The predicted molar refractivity (Wildman–Crippen MR) is 65.0 cm³/mol. The number of anilines is 1. The molecule has 2 unspecified atom stereocenters. The van der Waals surface area contributed by atoms with Crippen LogP contribution in [0.4, 0.5) is 5.69 Å². The maximum absolute atomic E-state index is 11.9. The highest BCUT2D eigenvalue weighted by molar-refractivity contribution is 6.03. The summed E-state index contributed by atoms with van der Waals surface area (Å²) in [7, 11) is 0. The summed E-state index contributed by atoms with van der Waals surface area (Å²) in [6, 6.07) is 4.95. The smallest absolute Gasteiger partial charge is 0.323 e. The Morgan fingerprint density at radius 1 is 1.39 bits per heavy atom. The quantitative estimate of drug-likeness (QED) is 0.761. The molecule has 1 saturated heterocycles. The Hall–Kier alpha value is -1.88. The van der Waals surface area contributed by atoms with Crippen LogP contribution < -0.4 is 10.6 Å². The van der Waals surface area contributed by atoms with Crippen molar-refractivity contribution in [3.63, 3.8) is 0 Å². The highest BCUT2D eigenvalue weighted by Gasteiger charge is 2.36. The van der Waals surface area contributed by atoms with Gasteiger partial charge in [0.1, 0.15) is 12.1 Å². The molecule has 18 heavy (non-hydrogen) atoms. The Bertz CT molecular complexity index is 527. The fourth-order valence-corrected chi connectivity index (χ4v) is 2.39. The molecule has 2 aliphatic heterocycles. The molecule has 1 fully saturated rings. The van der Waals surface area contributed by atoms with Gasteiger partial charge >= 0.3 is 5.97 Å². The number of cyclic esters (lactones) is 1. The number of rotatable bonds is 2. The van der Waals surface area contributed by atoms with Gasteiger partial charge in [-0.05, 0) is 13.0 Å². The van der Waals surface area contributed by atoms with E-state index in [1.807, 2.05) is 25.1 Å². The lowest BCUT2D eigenvalue weighted by atomic mass is 10.0. The number of amides is 1. The summed E-state index contributed by atoms with van der Waals surface area (Å²) >= 11 is 0. The van der Waals surface area contributed by atoms with Crippen LogP contribution in [0.15, 0.2) is 18.2 Å². The monoisotopic (exact) mass is 246 g/mol. The lowest BCUT2D eigenvalue weighted by Crippen LogP contribution is -2.39. The van der Waals surface area contributed by atoms with E-state index in [2.05, 4.69) is 10.6 Å². The number of nitrogens with one attached hydrogen (secondary N) is 2. The zero-order chi connectivity index (χ0) is 12.7. The van der Waals surface area contributed by atoms with Crippen LogP contribution in [-0.2, 0) is 14.3 Å². The first-order valence-corrected chi connectivity index (χ1v) is 5.99. The van der Waals surface area contributed by atoms with Gasteiger partial charge in [0.2, 0.25) is 5.91 Å². The molecule has 3 rings (SSSR count). The number of hydrogen-bond donors (Lipinski definition) is 2. The molecule has 0 aromatic heterocycles. The van der Waals surface area contributed by atoms with Crippen LogP contribution in [-0.4, -0.2) is 24.5 Å². The molecule has 5 nitrogen and oxygen atoms in total. The van der Waals surface area contributed by atoms with Crippen LogP contribution in [0.25, 0.3) is 0 Å². The molecular weight excluding hydrogens is 232 g/mol. The summed E-state index contributed by atoms with van der Waals surface area (Å²) in [5.74, 6) is -0.390. The molecule has 1 aromatic carbocycles. The van der Waals surface area contributed by atoms with Crippen molar-refractivity contribution in [1.29, 1.82) is 0 Å². The fourth-order valence-electron chi connectivity index (χ4n) is 2.39. The van der Waals surface area contributed by atoms with Crippen molar-refractivity contribution < 1.29 is 14.3 Å². The Kier molecular flexibility index (Phi) is 2.56. The Morgan fingerprint density at radius 3 is 2.94 bits per heavy atom. The summed E-state index contributed by atoms with van der Waals surface area (Å²) in [6.45, 7) is 2.40. The van der Waals surface area contributed by atoms with Crippen molar-refractivity contribution >= 4 is 17.6 Å². The van der Waals surface area contributed by atoms with E-state index in [1.165, 1.54) is 0 Å². The summed E-state index contributed by atoms with van der Waals surface area (Å²) in [4.78, 5) is 23.3. The van der Waals surface area contributed by atoms with Crippen molar-refractivity contribution in [2.45, 2.75) is 25.4 Å². The van der Waals surface area contributed by atoms with Crippen LogP contribution in [0.3, 0.4) is 0 Å². The Morgan fingerprint density at radius 2 is 2.22 bits per heavy atom. The zero-order valence-corrected chi connectivity index (χ0v) is 10.0. The van der Waals surface area contributed by atoms with Crippen LogP contribution in [0, 0.1) is 6.92 Å². The molecule has 5 heteroatoms. The normalized spacial score (nSPS) is 25.8. The lowest BCUT2D eigenvalue weighted by molar-refractivity contribution is -0.139. The second-order valence-corrected chi connectivity index (χ2v) is 4.69. The molecular formula is C13H14N2O3. The van der Waals surface area contributed by atoms with Crippen LogP contribution in [0.1, 0.15) is 23.6 Å². The summed E-state index contributed by atoms with van der Waals surface area (Å²) < 4.78 is 4.89. The maximum atomic E-state index is 11.9. The summed E-state index contributed by atoms with van der Waals surface area (Å²) in [6.07, 6.45) is 0.615. The highest BCUT2D eigenvalue weighted by atomic mass is 16.5. The molecule has 2 heterocycles. The van der Waals surface area contributed by atoms with E-state index < -0.39 is 6.04 Å². The van der Waals surface area contributed by atoms with Gasteiger partial charge in [-0.15, -0.1) is 0 Å².